The van der Waals surface area contributed by atoms with E-state index >= 15 is 0 Å². The Hall–Kier alpha value is -4.26. The second kappa shape index (κ2) is 10.4. The third kappa shape index (κ3) is 6.61. The number of aryl methyl sites for hydroxylation is 3. The summed E-state index contributed by atoms with van der Waals surface area (Å²) in [6.45, 7) is 4.06. The molecule has 1 amide bonds. The quantitative estimate of drug-likeness (QED) is 0.334. The summed E-state index contributed by atoms with van der Waals surface area (Å²) in [6, 6.07) is 21.5. The molecule has 0 atom stereocenters. The maximum Gasteiger partial charge on any atom is 0.224 e. The standard InChI is InChI=1S/C26H26N6O/c1-18-4-3-5-20(14-18)6-11-26(33)31-22-9-7-21(8-10-22)30-24-16-25(29-17-28-24)32-23-15-19(2)12-13-27-23/h3-5,7-10,12-17H,6,11H2,1-2H3,(H,31,33)(H2,27,28,29,30,32). The van der Waals surface area contributed by atoms with Crippen molar-refractivity contribution in [3.63, 3.8) is 0 Å². The molecule has 33 heavy (non-hydrogen) atoms. The predicted molar refractivity (Wildman–Crippen MR) is 132 cm³/mol. The number of hydrogen-bond acceptors (Lipinski definition) is 6. The van der Waals surface area contributed by atoms with Crippen LogP contribution in [0.3, 0.4) is 0 Å². The van der Waals surface area contributed by atoms with Gasteiger partial charge in [0.2, 0.25) is 5.91 Å². The van der Waals surface area contributed by atoms with Gasteiger partial charge >= 0.3 is 0 Å². The molecule has 0 aliphatic carbocycles. The summed E-state index contributed by atoms with van der Waals surface area (Å²) < 4.78 is 0. The van der Waals surface area contributed by atoms with Crippen LogP contribution in [0.5, 0.6) is 0 Å². The van der Waals surface area contributed by atoms with Crippen LogP contribution in [0.2, 0.25) is 0 Å². The van der Waals surface area contributed by atoms with Crippen LogP contribution in [0.15, 0.2) is 79.3 Å². The summed E-state index contributed by atoms with van der Waals surface area (Å²) in [5.74, 6) is 2.01. The van der Waals surface area contributed by atoms with Crippen LogP contribution in [0, 0.1) is 13.8 Å². The highest BCUT2D eigenvalue weighted by atomic mass is 16.1. The van der Waals surface area contributed by atoms with Gasteiger partial charge in [0.1, 0.15) is 23.8 Å². The normalized spacial score (nSPS) is 10.5. The average molecular weight is 439 g/mol. The van der Waals surface area contributed by atoms with Crippen molar-refractivity contribution < 1.29 is 4.79 Å². The number of benzene rings is 2. The molecule has 4 rings (SSSR count). The Kier molecular flexibility index (Phi) is 6.90. The van der Waals surface area contributed by atoms with Crippen LogP contribution in [0.1, 0.15) is 23.1 Å². The number of carbonyl (C=O) groups is 1. The maximum atomic E-state index is 12.3. The fourth-order valence-electron chi connectivity index (χ4n) is 3.36. The van der Waals surface area contributed by atoms with Crippen LogP contribution in [0.4, 0.5) is 28.8 Å². The lowest BCUT2D eigenvalue weighted by atomic mass is 10.1. The average Bonchev–Trinajstić information content (AvgIpc) is 2.79. The summed E-state index contributed by atoms with van der Waals surface area (Å²) in [7, 11) is 0. The minimum atomic E-state index is -0.00603. The van der Waals surface area contributed by atoms with Crippen LogP contribution < -0.4 is 16.0 Å². The lowest BCUT2D eigenvalue weighted by molar-refractivity contribution is -0.116. The van der Waals surface area contributed by atoms with Gasteiger partial charge in [0.25, 0.3) is 0 Å². The lowest BCUT2D eigenvalue weighted by Gasteiger charge is -2.10. The van der Waals surface area contributed by atoms with E-state index in [-0.39, 0.29) is 5.91 Å². The topological polar surface area (TPSA) is 91.8 Å². The molecule has 0 saturated carbocycles. The smallest absolute Gasteiger partial charge is 0.224 e. The van der Waals surface area contributed by atoms with Gasteiger partial charge in [-0.25, -0.2) is 15.0 Å². The van der Waals surface area contributed by atoms with Crippen molar-refractivity contribution in [1.82, 2.24) is 15.0 Å². The number of amides is 1. The van der Waals surface area contributed by atoms with Crippen LogP contribution >= 0.6 is 0 Å². The van der Waals surface area contributed by atoms with E-state index in [2.05, 4.69) is 50.0 Å². The minimum absolute atomic E-state index is 0.00603. The van der Waals surface area contributed by atoms with Crippen LogP contribution in [-0.2, 0) is 11.2 Å². The Morgan fingerprint density at radius 2 is 1.45 bits per heavy atom. The van der Waals surface area contributed by atoms with Crippen LogP contribution in [-0.4, -0.2) is 20.9 Å². The number of rotatable bonds is 8. The fraction of sp³-hybridized carbons (Fsp3) is 0.154. The number of anilines is 5. The van der Waals surface area contributed by atoms with Crippen molar-refractivity contribution >= 4 is 34.7 Å². The largest absolute Gasteiger partial charge is 0.340 e. The van der Waals surface area contributed by atoms with Crippen molar-refractivity contribution in [1.29, 1.82) is 0 Å². The zero-order valence-electron chi connectivity index (χ0n) is 18.7. The third-order valence-electron chi connectivity index (χ3n) is 5.00. The van der Waals surface area contributed by atoms with Crippen molar-refractivity contribution in [3.05, 3.63) is 95.9 Å². The van der Waals surface area contributed by atoms with Crippen molar-refractivity contribution in [2.45, 2.75) is 26.7 Å². The highest BCUT2D eigenvalue weighted by molar-refractivity contribution is 5.91. The number of pyridine rings is 1. The van der Waals surface area contributed by atoms with Gasteiger partial charge in [0, 0.05) is 30.1 Å². The van der Waals surface area contributed by atoms with Gasteiger partial charge < -0.3 is 16.0 Å². The fourth-order valence-corrected chi connectivity index (χ4v) is 3.36. The molecule has 0 aliphatic rings. The molecule has 166 valence electrons. The first kappa shape index (κ1) is 22.0. The number of nitrogens with zero attached hydrogens (tertiary/aromatic N) is 3. The molecule has 3 N–H and O–H groups in total. The van der Waals surface area contributed by atoms with Crippen molar-refractivity contribution in [2.24, 2.45) is 0 Å². The number of carbonyl (C=O) groups excluding carboxylic acids is 1. The molecule has 0 fully saturated rings. The summed E-state index contributed by atoms with van der Waals surface area (Å²) in [4.78, 5) is 25.1. The van der Waals surface area contributed by atoms with E-state index in [0.717, 1.165) is 29.2 Å². The Balaban J connectivity index is 1.31. The molecule has 0 unspecified atom stereocenters. The van der Waals surface area contributed by atoms with Gasteiger partial charge in [-0.05, 0) is 67.8 Å². The molecule has 7 nitrogen and oxygen atoms in total. The Labute approximate surface area is 193 Å². The first-order chi connectivity index (χ1) is 16.0. The minimum Gasteiger partial charge on any atom is -0.340 e. The summed E-state index contributed by atoms with van der Waals surface area (Å²) in [5, 5.41) is 9.38. The summed E-state index contributed by atoms with van der Waals surface area (Å²) >= 11 is 0. The second-order valence-electron chi connectivity index (χ2n) is 7.87. The Morgan fingerprint density at radius 1 is 0.758 bits per heavy atom. The SMILES string of the molecule is Cc1cccc(CCC(=O)Nc2ccc(Nc3cc(Nc4cc(C)ccn4)ncn3)cc2)c1. The molecule has 7 heteroatoms. The monoisotopic (exact) mass is 438 g/mol. The van der Waals surface area contributed by atoms with Gasteiger partial charge in [0.15, 0.2) is 0 Å². The molecule has 0 radical (unpaired) electrons. The predicted octanol–water partition coefficient (Wildman–Crippen LogP) is 5.55. The molecule has 0 aliphatic heterocycles. The first-order valence-corrected chi connectivity index (χ1v) is 10.8. The molecule has 0 saturated heterocycles. The first-order valence-electron chi connectivity index (χ1n) is 10.8. The van der Waals surface area contributed by atoms with E-state index in [0.29, 0.717) is 18.1 Å². The molecule has 2 heterocycles. The zero-order valence-corrected chi connectivity index (χ0v) is 18.7. The van der Waals surface area contributed by atoms with Gasteiger partial charge in [0.05, 0.1) is 0 Å². The Morgan fingerprint density at radius 3 is 2.21 bits per heavy atom. The lowest BCUT2D eigenvalue weighted by Crippen LogP contribution is -2.12. The number of hydrogen-bond donors (Lipinski definition) is 3. The summed E-state index contributed by atoms with van der Waals surface area (Å²) in [5.41, 5.74) is 5.09. The van der Waals surface area contributed by atoms with E-state index in [1.807, 2.05) is 61.5 Å². The number of nitrogens with one attached hydrogen (secondary N) is 3. The number of aromatic nitrogens is 3. The second-order valence-corrected chi connectivity index (χ2v) is 7.87. The summed E-state index contributed by atoms with van der Waals surface area (Å²) in [6.07, 6.45) is 4.40. The zero-order chi connectivity index (χ0) is 23.0. The van der Waals surface area contributed by atoms with E-state index in [1.165, 1.54) is 17.5 Å². The maximum absolute atomic E-state index is 12.3. The van der Waals surface area contributed by atoms with Crippen molar-refractivity contribution in [3.8, 4) is 0 Å². The molecular weight excluding hydrogens is 412 g/mol. The molecule has 0 spiro atoms. The van der Waals surface area contributed by atoms with E-state index in [4.69, 9.17) is 0 Å². The molecular formula is C26H26N6O. The van der Waals surface area contributed by atoms with Gasteiger partial charge in [-0.1, -0.05) is 29.8 Å². The van der Waals surface area contributed by atoms with E-state index in [9.17, 15) is 4.79 Å². The van der Waals surface area contributed by atoms with Gasteiger partial charge in [-0.2, -0.15) is 0 Å². The molecule has 0 bridgehead atoms. The highest BCUT2D eigenvalue weighted by Gasteiger charge is 2.05. The Bertz CT molecular complexity index is 1240. The molecule has 2 aromatic heterocycles. The van der Waals surface area contributed by atoms with Crippen molar-refractivity contribution in [2.75, 3.05) is 16.0 Å². The van der Waals surface area contributed by atoms with Crippen LogP contribution in [0.25, 0.3) is 0 Å². The highest BCUT2D eigenvalue weighted by Crippen LogP contribution is 2.20. The molecule has 2 aromatic carbocycles. The van der Waals surface area contributed by atoms with E-state index < -0.39 is 0 Å². The molecule has 4 aromatic rings. The third-order valence-corrected chi connectivity index (χ3v) is 5.00. The van der Waals surface area contributed by atoms with Gasteiger partial charge in [-0.15, -0.1) is 0 Å². The van der Waals surface area contributed by atoms with Gasteiger partial charge in [-0.3, -0.25) is 4.79 Å². The van der Waals surface area contributed by atoms with E-state index in [1.54, 1.807) is 6.20 Å².